The van der Waals surface area contributed by atoms with Gasteiger partial charge in [-0.2, -0.15) is 13.2 Å². The molecule has 200 valence electrons. The van der Waals surface area contributed by atoms with Crippen molar-refractivity contribution in [1.29, 1.82) is 0 Å². The maximum absolute atomic E-state index is 13.5. The number of aromatic nitrogens is 2. The van der Waals surface area contributed by atoms with E-state index in [9.17, 15) is 22.8 Å². The molecule has 3 heterocycles. The second-order valence-electron chi connectivity index (χ2n) is 9.62. The van der Waals surface area contributed by atoms with Gasteiger partial charge in [0, 0.05) is 31.9 Å². The van der Waals surface area contributed by atoms with Crippen LogP contribution in [0.5, 0.6) is 0 Å². The number of likely N-dealkylation sites (N-methyl/N-ethyl adjacent to an activating group) is 1. The molecule has 1 unspecified atom stereocenters. The molecule has 0 bridgehead atoms. The maximum Gasteiger partial charge on any atom is 0.433 e. The van der Waals surface area contributed by atoms with Crippen LogP contribution in [0, 0.1) is 5.92 Å². The molecule has 1 aliphatic rings. The number of amides is 2. The second-order valence-corrected chi connectivity index (χ2v) is 9.62. The molecule has 1 fully saturated rings. The number of rotatable bonds is 6. The predicted octanol–water partition coefficient (Wildman–Crippen LogP) is 5.75. The van der Waals surface area contributed by atoms with Crippen LogP contribution in [0.2, 0.25) is 0 Å². The lowest BCUT2D eigenvalue weighted by atomic mass is 9.99. The minimum absolute atomic E-state index is 0.159. The maximum atomic E-state index is 13.5. The van der Waals surface area contributed by atoms with Crippen molar-refractivity contribution < 1.29 is 22.8 Å². The minimum atomic E-state index is -4.59. The number of hydrogen-bond donors (Lipinski definition) is 1. The Balaban J connectivity index is 1.52. The van der Waals surface area contributed by atoms with Crippen LogP contribution in [-0.4, -0.2) is 41.9 Å². The van der Waals surface area contributed by atoms with Crippen molar-refractivity contribution >= 4 is 29.1 Å². The molecule has 1 aromatic carbocycles. The van der Waals surface area contributed by atoms with Gasteiger partial charge in [0.05, 0.1) is 11.6 Å². The van der Waals surface area contributed by atoms with E-state index in [2.05, 4.69) is 22.2 Å². The number of nitrogens with zero attached hydrogens (tertiary/aromatic N) is 4. The zero-order chi connectivity index (χ0) is 27.4. The predicted molar refractivity (Wildman–Crippen MR) is 140 cm³/mol. The molecule has 2 amide bonds. The van der Waals surface area contributed by atoms with E-state index in [0.29, 0.717) is 41.6 Å². The number of alkyl halides is 3. The summed E-state index contributed by atoms with van der Waals surface area (Å²) in [6, 6.07) is 14.2. The van der Waals surface area contributed by atoms with Gasteiger partial charge in [-0.1, -0.05) is 31.2 Å². The third kappa shape index (κ3) is 6.12. The molecule has 7 nitrogen and oxygen atoms in total. The molecule has 0 radical (unpaired) electrons. The average molecular weight is 526 g/mol. The lowest BCUT2D eigenvalue weighted by molar-refractivity contribution is -0.141. The van der Waals surface area contributed by atoms with E-state index in [1.807, 2.05) is 11.0 Å². The topological polar surface area (TPSA) is 78.4 Å². The van der Waals surface area contributed by atoms with Gasteiger partial charge < -0.3 is 15.1 Å². The number of anilines is 3. The summed E-state index contributed by atoms with van der Waals surface area (Å²) < 4.78 is 40.4. The van der Waals surface area contributed by atoms with E-state index in [1.54, 1.807) is 50.4 Å². The van der Waals surface area contributed by atoms with E-state index in [-0.39, 0.29) is 17.6 Å². The van der Waals surface area contributed by atoms with Gasteiger partial charge in [-0.3, -0.25) is 9.59 Å². The van der Waals surface area contributed by atoms with Gasteiger partial charge in [0.1, 0.15) is 11.5 Å². The first-order valence-corrected chi connectivity index (χ1v) is 12.5. The molecule has 0 aliphatic carbocycles. The van der Waals surface area contributed by atoms with Gasteiger partial charge in [-0.25, -0.2) is 9.97 Å². The third-order valence-electron chi connectivity index (χ3n) is 6.85. The summed E-state index contributed by atoms with van der Waals surface area (Å²) in [7, 11) is 1.54. The lowest BCUT2D eigenvalue weighted by Crippen LogP contribution is -2.37. The summed E-state index contributed by atoms with van der Waals surface area (Å²) >= 11 is 0. The number of halogens is 3. The fourth-order valence-corrected chi connectivity index (χ4v) is 4.38. The van der Waals surface area contributed by atoms with Crippen molar-refractivity contribution in [3.8, 4) is 0 Å². The zero-order valence-corrected chi connectivity index (χ0v) is 21.5. The Hall–Kier alpha value is -3.95. The first-order valence-electron chi connectivity index (χ1n) is 12.5. The Kier molecular flexibility index (Phi) is 7.99. The molecule has 2 aromatic heterocycles. The SMILES string of the molecule is CC1CCN(c2nc(C(F)(F)F)ccc2N(C)C(=O)C(C)c2ccc(NC(=O)c3ccccc3)nc2)CC1. The van der Waals surface area contributed by atoms with Gasteiger partial charge in [0.15, 0.2) is 5.82 Å². The van der Waals surface area contributed by atoms with E-state index in [1.165, 1.54) is 17.2 Å². The van der Waals surface area contributed by atoms with Gasteiger partial charge in [0.25, 0.3) is 5.91 Å². The summed E-state index contributed by atoms with van der Waals surface area (Å²) in [5.74, 6) is -0.281. The van der Waals surface area contributed by atoms with Gasteiger partial charge >= 0.3 is 6.18 Å². The van der Waals surface area contributed by atoms with Crippen LogP contribution in [0.15, 0.2) is 60.8 Å². The van der Waals surface area contributed by atoms with E-state index in [4.69, 9.17) is 0 Å². The summed E-state index contributed by atoms with van der Waals surface area (Å²) in [5, 5.41) is 2.72. The molecule has 1 aliphatic heterocycles. The molecule has 3 aromatic rings. The molecule has 0 saturated carbocycles. The largest absolute Gasteiger partial charge is 0.433 e. The van der Waals surface area contributed by atoms with Crippen molar-refractivity contribution in [2.24, 2.45) is 5.92 Å². The first kappa shape index (κ1) is 27.1. The number of hydrogen-bond acceptors (Lipinski definition) is 5. The van der Waals surface area contributed by atoms with Crippen LogP contribution in [0.25, 0.3) is 0 Å². The first-order chi connectivity index (χ1) is 18.0. The van der Waals surface area contributed by atoms with Crippen molar-refractivity contribution in [3.63, 3.8) is 0 Å². The van der Waals surface area contributed by atoms with Crippen LogP contribution in [-0.2, 0) is 11.0 Å². The number of benzene rings is 1. The fourth-order valence-electron chi connectivity index (χ4n) is 4.38. The highest BCUT2D eigenvalue weighted by Crippen LogP contribution is 2.36. The summed E-state index contributed by atoms with van der Waals surface area (Å²) in [5.41, 5.74) is 0.436. The Bertz CT molecular complexity index is 1270. The highest BCUT2D eigenvalue weighted by atomic mass is 19.4. The normalized spacial score (nSPS) is 15.2. The summed E-state index contributed by atoms with van der Waals surface area (Å²) in [6.07, 6.45) is -1.40. The van der Waals surface area contributed by atoms with Crippen molar-refractivity contribution in [2.45, 2.75) is 38.8 Å². The Morgan fingerprint density at radius 1 is 1.05 bits per heavy atom. The third-order valence-corrected chi connectivity index (χ3v) is 6.85. The number of pyridine rings is 2. The molecule has 4 rings (SSSR count). The van der Waals surface area contributed by atoms with Gasteiger partial charge in [0.2, 0.25) is 5.91 Å². The summed E-state index contributed by atoms with van der Waals surface area (Å²) in [4.78, 5) is 37.2. The number of nitrogens with one attached hydrogen (secondary N) is 1. The Morgan fingerprint density at radius 2 is 1.74 bits per heavy atom. The zero-order valence-electron chi connectivity index (χ0n) is 21.5. The molecular weight excluding hydrogens is 495 g/mol. The van der Waals surface area contributed by atoms with Crippen LogP contribution in [0.3, 0.4) is 0 Å². The molecule has 1 saturated heterocycles. The molecule has 0 spiro atoms. The van der Waals surface area contributed by atoms with Crippen molar-refractivity contribution in [1.82, 2.24) is 9.97 Å². The van der Waals surface area contributed by atoms with Crippen LogP contribution in [0.1, 0.15) is 54.2 Å². The van der Waals surface area contributed by atoms with Crippen LogP contribution >= 0.6 is 0 Å². The quantitative estimate of drug-likeness (QED) is 0.443. The van der Waals surface area contributed by atoms with E-state index < -0.39 is 17.8 Å². The average Bonchev–Trinajstić information content (AvgIpc) is 2.92. The standard InChI is InChI=1S/C28H30F3N5O2/c1-18-13-15-36(16-14-18)25-22(10-11-23(33-25)28(29,30)31)35(3)27(38)19(2)21-9-12-24(32-17-21)34-26(37)20-7-5-4-6-8-20/h4-12,17-19H,13-16H2,1-3H3,(H,32,34,37). The molecular formula is C28H30F3N5O2. The molecule has 1 N–H and O–H groups in total. The number of carbonyl (C=O) groups excluding carboxylic acids is 2. The van der Waals surface area contributed by atoms with Gasteiger partial charge in [-0.15, -0.1) is 0 Å². The lowest BCUT2D eigenvalue weighted by Gasteiger charge is -2.34. The second kappa shape index (κ2) is 11.2. The summed E-state index contributed by atoms with van der Waals surface area (Å²) in [6.45, 7) is 4.96. The van der Waals surface area contributed by atoms with Crippen molar-refractivity contribution in [3.05, 3.63) is 77.6 Å². The van der Waals surface area contributed by atoms with E-state index >= 15 is 0 Å². The molecule has 10 heteroatoms. The Morgan fingerprint density at radius 3 is 2.34 bits per heavy atom. The minimum Gasteiger partial charge on any atom is -0.355 e. The smallest absolute Gasteiger partial charge is 0.355 e. The molecule has 1 atom stereocenters. The van der Waals surface area contributed by atoms with Crippen molar-refractivity contribution in [2.75, 3.05) is 35.3 Å². The monoisotopic (exact) mass is 525 g/mol. The molecule has 38 heavy (non-hydrogen) atoms. The van der Waals surface area contributed by atoms with E-state index in [0.717, 1.165) is 18.9 Å². The Labute approximate surface area is 219 Å². The number of carbonyl (C=O) groups is 2. The fraction of sp³-hybridized carbons (Fsp3) is 0.357. The van der Waals surface area contributed by atoms with Crippen LogP contribution in [0.4, 0.5) is 30.5 Å². The van der Waals surface area contributed by atoms with Gasteiger partial charge in [-0.05, 0) is 61.6 Å². The number of piperidine rings is 1. The highest BCUT2D eigenvalue weighted by Gasteiger charge is 2.35. The van der Waals surface area contributed by atoms with Crippen LogP contribution < -0.4 is 15.1 Å². The highest BCUT2D eigenvalue weighted by molar-refractivity contribution is 6.03.